The molecule has 0 saturated carbocycles. The maximum atomic E-state index is 11.0. The number of amides is 2. The minimum atomic E-state index is -0.429. The van der Waals surface area contributed by atoms with E-state index < -0.39 is 6.09 Å². The van der Waals surface area contributed by atoms with Crippen molar-refractivity contribution >= 4 is 12.0 Å². The Kier molecular flexibility index (Phi) is 3.73. The Hall–Kier alpha value is -1.26. The molecule has 0 aliphatic carbocycles. The second-order valence-corrected chi connectivity index (χ2v) is 3.64. The number of ether oxygens (including phenoxy) is 1. The minimum Gasteiger partial charge on any atom is -0.447 e. The highest BCUT2D eigenvalue weighted by atomic mass is 16.6. The lowest BCUT2D eigenvalue weighted by Crippen LogP contribution is -2.39. The van der Waals surface area contributed by atoms with E-state index in [1.165, 1.54) is 0 Å². The monoisotopic (exact) mass is 200 g/mol. The van der Waals surface area contributed by atoms with Crippen LogP contribution in [0.5, 0.6) is 0 Å². The average molecular weight is 200 g/mol. The van der Waals surface area contributed by atoms with E-state index in [9.17, 15) is 9.59 Å². The molecule has 0 spiro atoms. The first kappa shape index (κ1) is 10.8. The van der Waals surface area contributed by atoms with Gasteiger partial charge in [-0.05, 0) is 20.3 Å². The summed E-state index contributed by atoms with van der Waals surface area (Å²) < 4.78 is 4.87. The number of nitrogens with one attached hydrogen (secondary N) is 2. The number of rotatable bonds is 3. The Morgan fingerprint density at radius 1 is 1.71 bits per heavy atom. The quantitative estimate of drug-likeness (QED) is 0.693. The van der Waals surface area contributed by atoms with E-state index in [1.54, 1.807) is 13.8 Å². The molecule has 1 saturated heterocycles. The van der Waals surface area contributed by atoms with Gasteiger partial charge in [-0.1, -0.05) is 0 Å². The Labute approximate surface area is 83.2 Å². The summed E-state index contributed by atoms with van der Waals surface area (Å²) in [5.41, 5.74) is 0. The molecule has 0 aromatic carbocycles. The van der Waals surface area contributed by atoms with Gasteiger partial charge >= 0.3 is 6.09 Å². The van der Waals surface area contributed by atoms with Crippen LogP contribution < -0.4 is 10.6 Å². The Morgan fingerprint density at radius 2 is 2.43 bits per heavy atom. The lowest BCUT2D eigenvalue weighted by atomic mass is 10.2. The molecule has 1 aliphatic heterocycles. The molecule has 1 fully saturated rings. The molecule has 1 atom stereocenters. The molecule has 80 valence electrons. The summed E-state index contributed by atoms with van der Waals surface area (Å²) in [6, 6.07) is 0.0576. The second-order valence-electron chi connectivity index (χ2n) is 3.64. The SMILES string of the molecule is CC(C)OC(=O)NCC1CCC(=O)N1. The number of carbonyl (C=O) groups excluding carboxylic acids is 2. The van der Waals surface area contributed by atoms with Crippen molar-refractivity contribution in [3.8, 4) is 0 Å². The summed E-state index contributed by atoms with van der Waals surface area (Å²) in [5, 5.41) is 5.35. The molecule has 1 rings (SSSR count). The van der Waals surface area contributed by atoms with E-state index in [0.29, 0.717) is 13.0 Å². The van der Waals surface area contributed by atoms with Crippen molar-refractivity contribution in [1.29, 1.82) is 0 Å². The number of hydrogen-bond acceptors (Lipinski definition) is 3. The van der Waals surface area contributed by atoms with Crippen LogP contribution in [-0.2, 0) is 9.53 Å². The van der Waals surface area contributed by atoms with Gasteiger partial charge in [0.1, 0.15) is 0 Å². The van der Waals surface area contributed by atoms with Gasteiger partial charge in [0.15, 0.2) is 0 Å². The van der Waals surface area contributed by atoms with Gasteiger partial charge in [0.05, 0.1) is 6.10 Å². The Balaban J connectivity index is 2.14. The average Bonchev–Trinajstić information content (AvgIpc) is 2.47. The maximum absolute atomic E-state index is 11.0. The molecule has 5 nitrogen and oxygen atoms in total. The molecule has 1 heterocycles. The molecule has 2 amide bonds. The zero-order chi connectivity index (χ0) is 10.6. The zero-order valence-corrected chi connectivity index (χ0v) is 8.50. The van der Waals surface area contributed by atoms with E-state index in [1.807, 2.05) is 0 Å². The molecule has 0 radical (unpaired) electrons. The highest BCUT2D eigenvalue weighted by Gasteiger charge is 2.21. The van der Waals surface area contributed by atoms with E-state index >= 15 is 0 Å². The molecule has 1 aliphatic rings. The van der Waals surface area contributed by atoms with Crippen molar-refractivity contribution in [2.75, 3.05) is 6.54 Å². The Bertz CT molecular complexity index is 228. The van der Waals surface area contributed by atoms with Gasteiger partial charge in [-0.3, -0.25) is 4.79 Å². The van der Waals surface area contributed by atoms with E-state index in [2.05, 4.69) is 10.6 Å². The highest BCUT2D eigenvalue weighted by molar-refractivity contribution is 5.78. The standard InChI is InChI=1S/C9H16N2O3/c1-6(2)14-9(13)10-5-7-3-4-8(12)11-7/h6-7H,3-5H2,1-2H3,(H,10,13)(H,11,12). The van der Waals surface area contributed by atoms with Crippen LogP contribution in [-0.4, -0.2) is 30.7 Å². The molecule has 14 heavy (non-hydrogen) atoms. The summed E-state index contributed by atoms with van der Waals surface area (Å²) in [4.78, 5) is 21.9. The lowest BCUT2D eigenvalue weighted by Gasteiger charge is -2.12. The minimum absolute atomic E-state index is 0.0500. The van der Waals surface area contributed by atoms with Crippen LogP contribution in [0.1, 0.15) is 26.7 Å². The molecule has 2 N–H and O–H groups in total. The van der Waals surface area contributed by atoms with Crippen molar-refractivity contribution in [3.63, 3.8) is 0 Å². The molecule has 5 heteroatoms. The third kappa shape index (κ3) is 3.64. The van der Waals surface area contributed by atoms with Crippen LogP contribution in [0.25, 0.3) is 0 Å². The first-order chi connectivity index (χ1) is 6.58. The predicted octanol–water partition coefficient (Wildman–Crippen LogP) is 0.400. The maximum Gasteiger partial charge on any atom is 0.407 e. The van der Waals surface area contributed by atoms with Gasteiger partial charge in [0, 0.05) is 19.0 Å². The molecule has 1 unspecified atom stereocenters. The number of hydrogen-bond donors (Lipinski definition) is 2. The van der Waals surface area contributed by atoms with Gasteiger partial charge in [0.25, 0.3) is 0 Å². The Morgan fingerprint density at radius 3 is 2.93 bits per heavy atom. The highest BCUT2D eigenvalue weighted by Crippen LogP contribution is 2.04. The van der Waals surface area contributed by atoms with E-state index in [-0.39, 0.29) is 18.1 Å². The largest absolute Gasteiger partial charge is 0.447 e. The van der Waals surface area contributed by atoms with E-state index in [4.69, 9.17) is 4.74 Å². The number of alkyl carbamates (subject to hydrolysis) is 1. The van der Waals surface area contributed by atoms with Gasteiger partial charge in [-0.15, -0.1) is 0 Å². The topological polar surface area (TPSA) is 67.4 Å². The second kappa shape index (κ2) is 4.83. The fourth-order valence-electron chi connectivity index (χ4n) is 1.29. The summed E-state index contributed by atoms with van der Waals surface area (Å²) in [6.45, 7) is 4.02. The van der Waals surface area contributed by atoms with Crippen LogP contribution in [0.3, 0.4) is 0 Å². The van der Waals surface area contributed by atoms with Crippen molar-refractivity contribution in [2.24, 2.45) is 0 Å². The van der Waals surface area contributed by atoms with Gasteiger partial charge < -0.3 is 15.4 Å². The summed E-state index contributed by atoms with van der Waals surface area (Å²) in [7, 11) is 0. The fraction of sp³-hybridized carbons (Fsp3) is 0.778. The molecule has 0 aromatic heterocycles. The van der Waals surface area contributed by atoms with Crippen LogP contribution in [0.4, 0.5) is 4.79 Å². The third-order valence-electron chi connectivity index (χ3n) is 1.92. The predicted molar refractivity (Wildman–Crippen MR) is 50.8 cm³/mol. The van der Waals surface area contributed by atoms with Crippen molar-refractivity contribution in [1.82, 2.24) is 10.6 Å². The van der Waals surface area contributed by atoms with Crippen LogP contribution in [0.2, 0.25) is 0 Å². The van der Waals surface area contributed by atoms with Gasteiger partial charge in [-0.25, -0.2) is 4.79 Å². The third-order valence-corrected chi connectivity index (χ3v) is 1.92. The summed E-state index contributed by atoms with van der Waals surface area (Å²) in [5.74, 6) is 0.0500. The van der Waals surface area contributed by atoms with Gasteiger partial charge in [0.2, 0.25) is 5.91 Å². The summed E-state index contributed by atoms with van der Waals surface area (Å²) in [6.07, 6.45) is 0.779. The normalized spacial score (nSPS) is 20.8. The zero-order valence-electron chi connectivity index (χ0n) is 8.50. The lowest BCUT2D eigenvalue weighted by molar-refractivity contribution is -0.119. The first-order valence-electron chi connectivity index (χ1n) is 4.82. The van der Waals surface area contributed by atoms with Crippen LogP contribution in [0.15, 0.2) is 0 Å². The van der Waals surface area contributed by atoms with Gasteiger partial charge in [-0.2, -0.15) is 0 Å². The molecular formula is C9H16N2O3. The van der Waals surface area contributed by atoms with Crippen LogP contribution in [0, 0.1) is 0 Å². The van der Waals surface area contributed by atoms with Crippen molar-refractivity contribution in [3.05, 3.63) is 0 Å². The van der Waals surface area contributed by atoms with Crippen molar-refractivity contribution < 1.29 is 14.3 Å². The van der Waals surface area contributed by atoms with Crippen molar-refractivity contribution in [2.45, 2.75) is 38.8 Å². The van der Waals surface area contributed by atoms with Crippen LogP contribution >= 0.6 is 0 Å². The number of carbonyl (C=O) groups is 2. The molecule has 0 bridgehead atoms. The molecular weight excluding hydrogens is 184 g/mol. The first-order valence-corrected chi connectivity index (χ1v) is 4.82. The fourth-order valence-corrected chi connectivity index (χ4v) is 1.29. The molecule has 0 aromatic rings. The smallest absolute Gasteiger partial charge is 0.407 e. The summed E-state index contributed by atoms with van der Waals surface area (Å²) >= 11 is 0. The van der Waals surface area contributed by atoms with E-state index in [0.717, 1.165) is 6.42 Å².